The molecule has 3 aromatic rings. The minimum atomic E-state index is -0.729. The highest BCUT2D eigenvalue weighted by Gasteiger charge is 2.39. The molecule has 1 saturated heterocycles. The summed E-state index contributed by atoms with van der Waals surface area (Å²) in [6.07, 6.45) is 15.7. The first-order valence-corrected chi connectivity index (χ1v) is 20.7. The zero-order valence-corrected chi connectivity index (χ0v) is 34.5. The van der Waals surface area contributed by atoms with Gasteiger partial charge in [0.1, 0.15) is 5.75 Å². The number of benzene rings is 3. The van der Waals surface area contributed by atoms with Gasteiger partial charge in [0.05, 0.1) is 19.7 Å². The summed E-state index contributed by atoms with van der Waals surface area (Å²) in [4.78, 5) is 18.1. The zero-order valence-electron chi connectivity index (χ0n) is 34.5. The van der Waals surface area contributed by atoms with Crippen LogP contribution in [0, 0.1) is 0 Å². The van der Waals surface area contributed by atoms with Crippen LogP contribution in [-0.2, 0) is 22.2 Å². The van der Waals surface area contributed by atoms with Crippen LogP contribution in [0.3, 0.4) is 0 Å². The van der Waals surface area contributed by atoms with Gasteiger partial charge in [0, 0.05) is 71.8 Å². The molecule has 0 radical (unpaired) electrons. The standard InChI is InChI=1S/C49H60N4O3/c1-48(2)40-17-9-11-19-42(40)50(5)44(48)28-24-37-15-14-16-38(25-29-45-49(3,4)41-18-10-12-20-43(41)51(45)6)47(37)53-32-30-52(31-33-53)35-36-22-26-39(27-23-36)56-34-13-7-8-21-46(54)55/h9-12,17-20,22-29H,7-8,13-16,21,30-35H2,1-6H3/p+1. The van der Waals surface area contributed by atoms with Gasteiger partial charge in [-0.3, -0.25) is 9.69 Å². The summed E-state index contributed by atoms with van der Waals surface area (Å²) in [7, 11) is 4.43. The number of allylic oxidation sites excluding steroid dienone is 8. The van der Waals surface area contributed by atoms with Gasteiger partial charge in [-0.2, -0.15) is 0 Å². The van der Waals surface area contributed by atoms with Gasteiger partial charge in [0.2, 0.25) is 5.71 Å². The molecule has 0 bridgehead atoms. The van der Waals surface area contributed by atoms with Gasteiger partial charge < -0.3 is 19.6 Å². The Morgan fingerprint density at radius 3 is 1.79 bits per heavy atom. The topological polar surface area (TPSA) is 59.3 Å². The van der Waals surface area contributed by atoms with Crippen molar-refractivity contribution in [3.63, 3.8) is 0 Å². The molecule has 294 valence electrons. The lowest BCUT2D eigenvalue weighted by molar-refractivity contribution is -0.539. The minimum absolute atomic E-state index is 0.0623. The molecule has 3 aromatic carbocycles. The van der Waals surface area contributed by atoms with Gasteiger partial charge in [-0.15, -0.1) is 0 Å². The summed E-state index contributed by atoms with van der Waals surface area (Å²) in [5, 5.41) is 8.84. The highest BCUT2D eigenvalue weighted by molar-refractivity contribution is 6.10. The van der Waals surface area contributed by atoms with Gasteiger partial charge in [-0.1, -0.05) is 88.4 Å². The number of likely N-dealkylation sites (N-methyl/N-ethyl adjacent to an activating group) is 2. The number of rotatable bonds is 11. The van der Waals surface area contributed by atoms with E-state index in [-0.39, 0.29) is 17.3 Å². The van der Waals surface area contributed by atoms with E-state index in [9.17, 15) is 4.79 Å². The maximum Gasteiger partial charge on any atom is 0.303 e. The predicted molar refractivity (Wildman–Crippen MR) is 230 cm³/mol. The fourth-order valence-electron chi connectivity index (χ4n) is 9.43. The second-order valence-electron chi connectivity index (χ2n) is 17.1. The normalized spacial score (nSPS) is 22.0. The van der Waals surface area contributed by atoms with Crippen molar-refractivity contribution in [2.75, 3.05) is 56.7 Å². The predicted octanol–water partition coefficient (Wildman–Crippen LogP) is 9.64. The number of piperazine rings is 1. The van der Waals surface area contributed by atoms with Gasteiger partial charge in [0.25, 0.3) is 0 Å². The van der Waals surface area contributed by atoms with Gasteiger partial charge in [-0.05, 0) is 91.6 Å². The van der Waals surface area contributed by atoms with E-state index in [1.807, 2.05) is 0 Å². The lowest BCUT2D eigenvalue weighted by Crippen LogP contribution is -2.44. The molecule has 3 heterocycles. The van der Waals surface area contributed by atoms with Crippen molar-refractivity contribution in [1.82, 2.24) is 4.90 Å². The first-order valence-electron chi connectivity index (χ1n) is 20.7. The number of carboxylic acids is 1. The SMILES string of the molecule is CN1/C(=C\C=C2/CCC/C(=C\C=C3\N(C)c4ccccc4C3(C)C)C2=[N+]2CCN(Cc3ccc(OCCCCCC(=O)O)cc3)CC2)C(C)(C)c2ccccc21. The summed E-state index contributed by atoms with van der Waals surface area (Å²) in [5.74, 6) is 0.147. The lowest BCUT2D eigenvalue weighted by atomic mass is 9.82. The molecule has 0 spiro atoms. The number of hydrogen-bond acceptors (Lipinski definition) is 5. The number of carbonyl (C=O) groups is 1. The molecule has 1 N–H and O–H groups in total. The Balaban J connectivity index is 1.12. The molecular weight excluding hydrogens is 693 g/mol. The van der Waals surface area contributed by atoms with Crippen LogP contribution < -0.4 is 14.5 Å². The number of hydrogen-bond donors (Lipinski definition) is 1. The van der Waals surface area contributed by atoms with E-state index >= 15 is 0 Å². The molecule has 3 aliphatic heterocycles. The molecule has 1 saturated carbocycles. The molecule has 0 atom stereocenters. The van der Waals surface area contributed by atoms with E-state index < -0.39 is 5.97 Å². The van der Waals surface area contributed by atoms with Crippen molar-refractivity contribution in [3.05, 3.63) is 136 Å². The number of para-hydroxylation sites is 2. The van der Waals surface area contributed by atoms with Crippen LogP contribution in [-0.4, -0.2) is 73.1 Å². The van der Waals surface area contributed by atoms with E-state index in [4.69, 9.17) is 9.84 Å². The maximum atomic E-state index is 10.7. The summed E-state index contributed by atoms with van der Waals surface area (Å²) >= 11 is 0. The first-order chi connectivity index (χ1) is 26.9. The zero-order chi connectivity index (χ0) is 39.5. The molecule has 0 aromatic heterocycles. The Hall–Kier alpha value is -4.88. The molecule has 7 heteroatoms. The molecule has 2 fully saturated rings. The van der Waals surface area contributed by atoms with Gasteiger partial charge in [0.15, 0.2) is 13.1 Å². The van der Waals surface area contributed by atoms with Gasteiger partial charge in [-0.25, -0.2) is 4.58 Å². The Morgan fingerprint density at radius 2 is 1.27 bits per heavy atom. The van der Waals surface area contributed by atoms with Crippen LogP contribution in [0.2, 0.25) is 0 Å². The number of unbranched alkanes of at least 4 members (excludes halogenated alkanes) is 2. The Kier molecular flexibility index (Phi) is 11.7. The maximum absolute atomic E-state index is 10.7. The third-order valence-electron chi connectivity index (χ3n) is 12.6. The van der Waals surface area contributed by atoms with Crippen LogP contribution in [0.25, 0.3) is 0 Å². The van der Waals surface area contributed by atoms with Crippen LogP contribution in [0.1, 0.15) is 89.3 Å². The Bertz CT molecular complexity index is 1970. The van der Waals surface area contributed by atoms with Crippen LogP contribution in [0.4, 0.5) is 11.4 Å². The minimum Gasteiger partial charge on any atom is -0.494 e. The molecule has 7 rings (SSSR count). The summed E-state index contributed by atoms with van der Waals surface area (Å²) in [5.41, 5.74) is 13.6. The average molecular weight is 754 g/mol. The molecule has 4 aliphatic rings. The van der Waals surface area contributed by atoms with E-state index in [1.165, 1.54) is 56.3 Å². The van der Waals surface area contributed by atoms with Crippen LogP contribution >= 0.6 is 0 Å². The molecule has 0 amide bonds. The number of fused-ring (bicyclic) bond motifs is 2. The lowest BCUT2D eigenvalue weighted by Gasteiger charge is -2.29. The second kappa shape index (κ2) is 16.7. The largest absolute Gasteiger partial charge is 0.494 e. The monoisotopic (exact) mass is 753 g/mol. The molecular formula is C49H61N4O3+. The molecule has 0 unspecified atom stereocenters. The highest BCUT2D eigenvalue weighted by Crippen LogP contribution is 2.48. The fourth-order valence-corrected chi connectivity index (χ4v) is 9.43. The quantitative estimate of drug-likeness (QED) is 0.156. The fraction of sp³-hybridized carbons (Fsp3) is 0.429. The van der Waals surface area contributed by atoms with E-state index in [0.29, 0.717) is 13.0 Å². The van der Waals surface area contributed by atoms with Crippen molar-refractivity contribution in [3.8, 4) is 5.75 Å². The van der Waals surface area contributed by atoms with Gasteiger partial charge >= 0.3 is 5.97 Å². The van der Waals surface area contributed by atoms with E-state index in [2.05, 4.69) is 158 Å². The second-order valence-corrected chi connectivity index (χ2v) is 17.1. The van der Waals surface area contributed by atoms with Crippen molar-refractivity contribution in [1.29, 1.82) is 0 Å². The third-order valence-corrected chi connectivity index (χ3v) is 12.6. The summed E-state index contributed by atoms with van der Waals surface area (Å²) in [6.45, 7) is 15.0. The number of aliphatic carboxylic acids is 1. The smallest absolute Gasteiger partial charge is 0.303 e. The molecule has 7 nitrogen and oxygen atoms in total. The first kappa shape index (κ1) is 39.4. The van der Waals surface area contributed by atoms with Crippen molar-refractivity contribution in [2.24, 2.45) is 0 Å². The molecule has 56 heavy (non-hydrogen) atoms. The number of nitrogens with zero attached hydrogens (tertiary/aromatic N) is 4. The van der Waals surface area contributed by atoms with E-state index in [0.717, 1.165) is 70.6 Å². The molecule has 1 aliphatic carbocycles. The van der Waals surface area contributed by atoms with Crippen LogP contribution in [0.15, 0.2) is 120 Å². The third kappa shape index (κ3) is 8.15. The summed E-state index contributed by atoms with van der Waals surface area (Å²) in [6, 6.07) is 26.2. The Morgan fingerprint density at radius 1 is 0.732 bits per heavy atom. The van der Waals surface area contributed by atoms with Crippen molar-refractivity contribution >= 4 is 23.1 Å². The summed E-state index contributed by atoms with van der Waals surface area (Å²) < 4.78 is 8.61. The average Bonchev–Trinajstić information content (AvgIpc) is 3.51. The van der Waals surface area contributed by atoms with Crippen molar-refractivity contribution < 1.29 is 19.2 Å². The highest BCUT2D eigenvalue weighted by atomic mass is 16.5. The number of ether oxygens (including phenoxy) is 1. The van der Waals surface area contributed by atoms with Crippen molar-refractivity contribution in [2.45, 2.75) is 90.0 Å². The van der Waals surface area contributed by atoms with E-state index in [1.54, 1.807) is 0 Å². The number of carboxylic acid groups (broad SMARTS) is 1. The van der Waals surface area contributed by atoms with Crippen LogP contribution in [0.5, 0.6) is 5.75 Å². The Labute approximate surface area is 335 Å². The number of anilines is 2.